The summed E-state index contributed by atoms with van der Waals surface area (Å²) in [4.78, 5) is 17.5. The molecule has 136 valence electrons. The lowest BCUT2D eigenvalue weighted by Crippen LogP contribution is -2.16. The van der Waals surface area contributed by atoms with Crippen LogP contribution in [0.4, 0.5) is 14.5 Å². The summed E-state index contributed by atoms with van der Waals surface area (Å²) in [5.74, 6) is -0.624. The van der Waals surface area contributed by atoms with E-state index >= 15 is 0 Å². The molecule has 3 aromatic carbocycles. The Bertz CT molecular complexity index is 1000. The van der Waals surface area contributed by atoms with Gasteiger partial charge in [-0.15, -0.1) is 0 Å². The first-order valence-electron chi connectivity index (χ1n) is 7.96. The molecular formula is C21H14BrF2NO2. The van der Waals surface area contributed by atoms with E-state index in [1.807, 2.05) is 0 Å². The zero-order chi connectivity index (χ0) is 19.4. The zero-order valence-corrected chi connectivity index (χ0v) is 15.8. The number of nitrogens with zero attached hydrogens (tertiary/aromatic N) is 1. The summed E-state index contributed by atoms with van der Waals surface area (Å²) in [6, 6.07) is 15.8. The van der Waals surface area contributed by atoms with Gasteiger partial charge in [0.15, 0.2) is 0 Å². The topological polar surface area (TPSA) is 38.7 Å². The highest BCUT2D eigenvalue weighted by atomic mass is 79.9. The lowest BCUT2D eigenvalue weighted by atomic mass is 10.0. The lowest BCUT2D eigenvalue weighted by molar-refractivity contribution is 0.106. The number of aliphatic imine (C=N–C) groups is 1. The highest BCUT2D eigenvalue weighted by Crippen LogP contribution is 2.30. The van der Waals surface area contributed by atoms with Crippen LogP contribution in [0.1, 0.15) is 15.9 Å². The quantitative estimate of drug-likeness (QED) is 0.383. The molecule has 6 heteroatoms. The summed E-state index contributed by atoms with van der Waals surface area (Å²) in [6.45, 7) is 0. The molecule has 0 unspecified atom stereocenters. The maximum atomic E-state index is 13.3. The molecule has 0 saturated heterocycles. The molecule has 0 radical (unpaired) electrons. The van der Waals surface area contributed by atoms with Gasteiger partial charge in [0.05, 0.1) is 12.8 Å². The van der Waals surface area contributed by atoms with Gasteiger partial charge in [0.1, 0.15) is 23.1 Å². The van der Waals surface area contributed by atoms with Crippen molar-refractivity contribution >= 4 is 33.1 Å². The number of hydrogen-bond donors (Lipinski definition) is 0. The second-order valence-electron chi connectivity index (χ2n) is 5.62. The average molecular weight is 430 g/mol. The monoisotopic (exact) mass is 429 g/mol. The number of halogens is 3. The summed E-state index contributed by atoms with van der Waals surface area (Å²) in [7, 11) is 1.55. The Morgan fingerprint density at radius 3 is 1.96 bits per heavy atom. The van der Waals surface area contributed by atoms with Crippen LogP contribution >= 0.6 is 15.9 Å². The third kappa shape index (κ3) is 4.46. The van der Waals surface area contributed by atoms with Crippen molar-refractivity contribution in [2.75, 3.05) is 7.11 Å². The van der Waals surface area contributed by atoms with Gasteiger partial charge in [-0.3, -0.25) is 4.79 Å². The number of ether oxygens (including phenoxy) is 1. The fraction of sp³-hybridized carbons (Fsp3) is 0.0476. The molecule has 0 aliphatic heterocycles. The number of hydrogen-bond acceptors (Lipinski definition) is 3. The van der Waals surface area contributed by atoms with Gasteiger partial charge >= 0.3 is 0 Å². The molecule has 3 aromatic rings. The summed E-state index contributed by atoms with van der Waals surface area (Å²) < 4.78 is 32.3. The van der Waals surface area contributed by atoms with Crippen LogP contribution in [0, 0.1) is 11.6 Å². The minimum atomic E-state index is -0.440. The van der Waals surface area contributed by atoms with Crippen LogP contribution in [0.25, 0.3) is 0 Å². The Hall–Kier alpha value is -2.86. The third-order valence-electron chi connectivity index (χ3n) is 3.83. The van der Waals surface area contributed by atoms with Gasteiger partial charge in [0.2, 0.25) is 5.78 Å². The smallest absolute Gasteiger partial charge is 0.211 e. The van der Waals surface area contributed by atoms with Gasteiger partial charge < -0.3 is 4.74 Å². The number of benzene rings is 3. The number of rotatable bonds is 5. The van der Waals surface area contributed by atoms with Crippen LogP contribution in [-0.4, -0.2) is 18.6 Å². The summed E-state index contributed by atoms with van der Waals surface area (Å²) in [5.41, 5.74) is 1.36. The van der Waals surface area contributed by atoms with Crippen molar-refractivity contribution < 1.29 is 18.3 Å². The molecule has 27 heavy (non-hydrogen) atoms. The SMILES string of the molecule is COc1ccc(N=C(C(=O)c2ccc(F)cc2)c2ccc(F)cc2)c(Br)c1. The second kappa shape index (κ2) is 8.22. The standard InChI is InChI=1S/C21H14BrF2NO2/c1-27-17-10-11-19(18(22)12-17)25-20(13-2-6-15(23)7-3-13)21(26)14-4-8-16(24)9-5-14/h2-12H,1H3. The Balaban J connectivity index is 2.11. The second-order valence-corrected chi connectivity index (χ2v) is 6.47. The molecule has 3 nitrogen and oxygen atoms in total. The molecule has 0 aliphatic rings. The van der Waals surface area contributed by atoms with Crippen LogP contribution < -0.4 is 4.74 Å². The molecule has 0 aromatic heterocycles. The minimum absolute atomic E-state index is 0.118. The summed E-state index contributed by atoms with van der Waals surface area (Å²) >= 11 is 3.41. The van der Waals surface area contributed by atoms with Crippen molar-refractivity contribution in [3.63, 3.8) is 0 Å². The van der Waals surface area contributed by atoms with Crippen molar-refractivity contribution in [1.82, 2.24) is 0 Å². The van der Waals surface area contributed by atoms with Crippen molar-refractivity contribution in [3.05, 3.63) is 94.0 Å². The van der Waals surface area contributed by atoms with E-state index in [4.69, 9.17) is 4.74 Å². The van der Waals surface area contributed by atoms with Crippen molar-refractivity contribution in [2.24, 2.45) is 4.99 Å². The predicted octanol–water partition coefficient (Wildman–Crippen LogP) is 5.74. The number of ketones is 1. The molecule has 0 amide bonds. The zero-order valence-electron chi connectivity index (χ0n) is 14.2. The molecule has 0 spiro atoms. The van der Waals surface area contributed by atoms with Gasteiger partial charge in [-0.05, 0) is 82.7 Å². The van der Waals surface area contributed by atoms with E-state index in [0.29, 0.717) is 21.5 Å². The highest BCUT2D eigenvalue weighted by Gasteiger charge is 2.18. The first kappa shape index (κ1) is 18.9. The summed E-state index contributed by atoms with van der Waals surface area (Å²) in [5, 5.41) is 0. The molecule has 0 atom stereocenters. The molecule has 0 heterocycles. The Morgan fingerprint density at radius 1 is 0.889 bits per heavy atom. The Labute approximate surface area is 163 Å². The number of Topliss-reactive ketones (excluding diaryl/α,β-unsaturated/α-hetero) is 1. The van der Waals surface area contributed by atoms with Gasteiger partial charge in [0, 0.05) is 15.6 Å². The van der Waals surface area contributed by atoms with Crippen LogP contribution in [-0.2, 0) is 0 Å². The first-order chi connectivity index (χ1) is 13.0. The minimum Gasteiger partial charge on any atom is -0.497 e. The Kier molecular flexibility index (Phi) is 5.76. The molecular weight excluding hydrogens is 416 g/mol. The van der Waals surface area contributed by atoms with Crippen LogP contribution in [0.3, 0.4) is 0 Å². The molecule has 3 rings (SSSR count). The van der Waals surface area contributed by atoms with Crippen LogP contribution in [0.15, 0.2) is 76.2 Å². The summed E-state index contributed by atoms with van der Waals surface area (Å²) in [6.07, 6.45) is 0. The number of carbonyl (C=O) groups is 1. The normalized spacial score (nSPS) is 11.3. The molecule has 0 saturated carbocycles. The average Bonchev–Trinajstić information content (AvgIpc) is 2.68. The molecule has 0 aliphatic carbocycles. The third-order valence-corrected chi connectivity index (χ3v) is 4.46. The molecule has 0 fully saturated rings. The lowest BCUT2D eigenvalue weighted by Gasteiger charge is -2.09. The van der Waals surface area contributed by atoms with Gasteiger partial charge in [0.25, 0.3) is 0 Å². The van der Waals surface area contributed by atoms with Crippen LogP contribution in [0.5, 0.6) is 5.75 Å². The maximum absolute atomic E-state index is 13.3. The fourth-order valence-corrected chi connectivity index (χ4v) is 2.86. The van der Waals surface area contributed by atoms with E-state index in [1.54, 1.807) is 25.3 Å². The van der Waals surface area contributed by atoms with E-state index in [1.165, 1.54) is 48.5 Å². The maximum Gasteiger partial charge on any atom is 0.211 e. The number of methoxy groups -OCH3 is 1. The molecule has 0 N–H and O–H groups in total. The van der Waals surface area contributed by atoms with E-state index in [2.05, 4.69) is 20.9 Å². The Morgan fingerprint density at radius 2 is 1.44 bits per heavy atom. The van der Waals surface area contributed by atoms with Crippen molar-refractivity contribution in [2.45, 2.75) is 0 Å². The fourth-order valence-electron chi connectivity index (χ4n) is 2.42. The largest absolute Gasteiger partial charge is 0.497 e. The highest BCUT2D eigenvalue weighted by molar-refractivity contribution is 9.10. The van der Waals surface area contributed by atoms with Crippen molar-refractivity contribution in [1.29, 1.82) is 0 Å². The van der Waals surface area contributed by atoms with Gasteiger partial charge in [-0.2, -0.15) is 0 Å². The van der Waals surface area contributed by atoms with Crippen molar-refractivity contribution in [3.8, 4) is 5.75 Å². The van der Waals surface area contributed by atoms with E-state index in [-0.39, 0.29) is 11.3 Å². The van der Waals surface area contributed by atoms with E-state index in [9.17, 15) is 13.6 Å². The molecule has 0 bridgehead atoms. The van der Waals surface area contributed by atoms with Crippen LogP contribution in [0.2, 0.25) is 0 Å². The van der Waals surface area contributed by atoms with E-state index in [0.717, 1.165) is 0 Å². The number of carbonyl (C=O) groups excluding carboxylic acids is 1. The van der Waals surface area contributed by atoms with E-state index < -0.39 is 17.4 Å². The van der Waals surface area contributed by atoms with Gasteiger partial charge in [-0.1, -0.05) is 0 Å². The van der Waals surface area contributed by atoms with Gasteiger partial charge in [-0.25, -0.2) is 13.8 Å². The predicted molar refractivity (Wildman–Crippen MR) is 104 cm³/mol. The first-order valence-corrected chi connectivity index (χ1v) is 8.75.